The van der Waals surface area contributed by atoms with Crippen LogP contribution in [0.1, 0.15) is 20.0 Å². The number of hydrogen-bond acceptors (Lipinski definition) is 7. The van der Waals surface area contributed by atoms with Crippen LogP contribution in [0.25, 0.3) is 0 Å². The summed E-state index contributed by atoms with van der Waals surface area (Å²) in [5.41, 5.74) is 6.45. The van der Waals surface area contributed by atoms with E-state index in [1.807, 2.05) is 0 Å². The van der Waals surface area contributed by atoms with Gasteiger partial charge >= 0.3 is 5.97 Å². The highest BCUT2D eigenvalue weighted by Gasteiger charge is 2.29. The lowest BCUT2D eigenvalue weighted by molar-refractivity contribution is 0.0603. The van der Waals surface area contributed by atoms with Crippen LogP contribution in [0.5, 0.6) is 0 Å². The summed E-state index contributed by atoms with van der Waals surface area (Å²) in [4.78, 5) is 26.2. The van der Waals surface area contributed by atoms with Crippen molar-refractivity contribution in [1.29, 1.82) is 0 Å². The van der Waals surface area contributed by atoms with Crippen LogP contribution in [0, 0.1) is 0 Å². The van der Waals surface area contributed by atoms with Crippen molar-refractivity contribution < 1.29 is 14.3 Å². The molecule has 0 atom stereocenters. The van der Waals surface area contributed by atoms with Gasteiger partial charge in [-0.1, -0.05) is 0 Å². The van der Waals surface area contributed by atoms with Gasteiger partial charge in [0.15, 0.2) is 0 Å². The molecule has 2 heterocycles. The van der Waals surface area contributed by atoms with E-state index < -0.39 is 5.97 Å². The van der Waals surface area contributed by atoms with Crippen LogP contribution in [-0.2, 0) is 4.74 Å². The lowest BCUT2D eigenvalue weighted by Crippen LogP contribution is -2.43. The first-order valence-electron chi connectivity index (χ1n) is 6.28. The normalized spacial score (nSPS) is 15.0. The summed E-state index contributed by atoms with van der Waals surface area (Å²) in [6.45, 7) is 3.18. The van der Waals surface area contributed by atoms with Gasteiger partial charge in [0.1, 0.15) is 15.4 Å². The molecule has 110 valence electrons. The summed E-state index contributed by atoms with van der Waals surface area (Å²) < 4.78 is 4.79. The van der Waals surface area contributed by atoms with Crippen molar-refractivity contribution in [3.05, 3.63) is 10.4 Å². The molecule has 20 heavy (non-hydrogen) atoms. The van der Waals surface area contributed by atoms with Crippen molar-refractivity contribution in [3.63, 3.8) is 0 Å². The van der Waals surface area contributed by atoms with Crippen LogP contribution in [0.15, 0.2) is 0 Å². The Hall–Kier alpha value is -1.80. The van der Waals surface area contributed by atoms with E-state index in [1.54, 1.807) is 0 Å². The van der Waals surface area contributed by atoms with E-state index in [9.17, 15) is 9.59 Å². The SMILES string of the molecule is CNC(=O)c1sc(N2CCNCC2)c(C(=O)OC)c1N. The summed E-state index contributed by atoms with van der Waals surface area (Å²) in [5.74, 6) is -0.804. The molecule has 1 aliphatic rings. The van der Waals surface area contributed by atoms with Gasteiger partial charge < -0.3 is 26.0 Å². The summed E-state index contributed by atoms with van der Waals surface area (Å²) in [5, 5.41) is 6.47. The third-order valence-corrected chi connectivity index (χ3v) is 4.42. The highest BCUT2D eigenvalue weighted by Crippen LogP contribution is 2.38. The minimum Gasteiger partial charge on any atom is -0.465 e. The molecule has 0 unspecified atom stereocenters. The van der Waals surface area contributed by atoms with Crippen LogP contribution in [0.2, 0.25) is 0 Å². The number of carbonyl (C=O) groups is 2. The van der Waals surface area contributed by atoms with Gasteiger partial charge in [0.05, 0.1) is 12.8 Å². The molecule has 0 aliphatic carbocycles. The number of nitrogens with zero attached hydrogens (tertiary/aromatic N) is 1. The number of anilines is 2. The van der Waals surface area contributed by atoms with Crippen molar-refractivity contribution >= 4 is 33.9 Å². The highest BCUT2D eigenvalue weighted by atomic mass is 32.1. The minimum absolute atomic E-state index is 0.190. The fraction of sp³-hybridized carbons (Fsp3) is 0.500. The number of piperazine rings is 1. The Labute approximate surface area is 121 Å². The first kappa shape index (κ1) is 14.6. The lowest BCUT2D eigenvalue weighted by Gasteiger charge is -2.28. The summed E-state index contributed by atoms with van der Waals surface area (Å²) >= 11 is 1.23. The van der Waals surface area contributed by atoms with Gasteiger partial charge in [-0.3, -0.25) is 4.79 Å². The lowest BCUT2D eigenvalue weighted by atomic mass is 10.2. The predicted octanol–water partition coefficient (Wildman–Crippen LogP) is -0.114. The molecule has 1 amide bonds. The quantitative estimate of drug-likeness (QED) is 0.674. The van der Waals surface area contributed by atoms with Gasteiger partial charge in [-0.25, -0.2) is 4.79 Å². The Kier molecular flexibility index (Phi) is 4.46. The summed E-state index contributed by atoms with van der Waals surface area (Å²) in [6.07, 6.45) is 0. The molecule has 1 aliphatic heterocycles. The van der Waals surface area contributed by atoms with Crippen LogP contribution >= 0.6 is 11.3 Å². The maximum absolute atomic E-state index is 12.0. The van der Waals surface area contributed by atoms with Crippen LogP contribution in [0.3, 0.4) is 0 Å². The average molecular weight is 298 g/mol. The number of nitrogens with one attached hydrogen (secondary N) is 2. The van der Waals surface area contributed by atoms with Gasteiger partial charge in [0.2, 0.25) is 0 Å². The van der Waals surface area contributed by atoms with E-state index in [4.69, 9.17) is 10.5 Å². The first-order chi connectivity index (χ1) is 9.60. The third kappa shape index (κ3) is 2.56. The molecule has 8 heteroatoms. The highest BCUT2D eigenvalue weighted by molar-refractivity contribution is 7.19. The number of hydrogen-bond donors (Lipinski definition) is 3. The average Bonchev–Trinajstić information content (AvgIpc) is 2.84. The Bertz CT molecular complexity index is 523. The van der Waals surface area contributed by atoms with Gasteiger partial charge in [-0.15, -0.1) is 11.3 Å². The molecule has 0 spiro atoms. The standard InChI is InChI=1S/C12H18N4O3S/c1-14-10(17)9-8(13)7(12(18)19-2)11(20-9)16-5-3-15-4-6-16/h15H,3-6,13H2,1-2H3,(H,14,17). The van der Waals surface area contributed by atoms with E-state index in [0.29, 0.717) is 9.88 Å². The van der Waals surface area contributed by atoms with Crippen LogP contribution in [0.4, 0.5) is 10.7 Å². The van der Waals surface area contributed by atoms with Crippen molar-refractivity contribution in [2.24, 2.45) is 0 Å². The van der Waals surface area contributed by atoms with Crippen molar-refractivity contribution in [1.82, 2.24) is 10.6 Å². The largest absolute Gasteiger partial charge is 0.465 e. The molecule has 1 saturated heterocycles. The molecular weight excluding hydrogens is 280 g/mol. The maximum atomic E-state index is 12.0. The Morgan fingerprint density at radius 2 is 2.05 bits per heavy atom. The van der Waals surface area contributed by atoms with Crippen molar-refractivity contribution in [2.75, 3.05) is 51.0 Å². The predicted molar refractivity (Wildman–Crippen MR) is 78.5 cm³/mol. The molecule has 1 aromatic heterocycles. The number of rotatable bonds is 3. The number of carbonyl (C=O) groups excluding carboxylic acids is 2. The molecule has 2 rings (SSSR count). The second-order valence-electron chi connectivity index (χ2n) is 4.33. The first-order valence-corrected chi connectivity index (χ1v) is 7.10. The smallest absolute Gasteiger partial charge is 0.343 e. The second kappa shape index (κ2) is 6.10. The second-order valence-corrected chi connectivity index (χ2v) is 5.33. The summed E-state index contributed by atoms with van der Waals surface area (Å²) in [6, 6.07) is 0. The molecule has 0 saturated carbocycles. The van der Waals surface area contributed by atoms with Crippen LogP contribution < -0.4 is 21.3 Å². The fourth-order valence-corrected chi connectivity index (χ4v) is 3.31. The van der Waals surface area contributed by atoms with Gasteiger partial charge in [-0.05, 0) is 0 Å². The van der Waals surface area contributed by atoms with E-state index >= 15 is 0 Å². The number of thiophene rings is 1. The van der Waals surface area contributed by atoms with Crippen LogP contribution in [-0.4, -0.2) is 52.2 Å². The third-order valence-electron chi connectivity index (χ3n) is 3.15. The number of esters is 1. The van der Waals surface area contributed by atoms with E-state index in [0.717, 1.165) is 26.2 Å². The van der Waals surface area contributed by atoms with E-state index in [2.05, 4.69) is 15.5 Å². The van der Waals surface area contributed by atoms with Gasteiger partial charge in [0.25, 0.3) is 5.91 Å². The molecule has 1 fully saturated rings. The summed E-state index contributed by atoms with van der Waals surface area (Å²) in [7, 11) is 2.84. The Balaban J connectivity index is 2.47. The minimum atomic E-state index is -0.512. The molecule has 0 aromatic carbocycles. The van der Waals surface area contributed by atoms with Gasteiger partial charge in [-0.2, -0.15) is 0 Å². The number of ether oxygens (including phenoxy) is 1. The molecule has 4 N–H and O–H groups in total. The molecule has 7 nitrogen and oxygen atoms in total. The number of nitrogen functional groups attached to an aromatic ring is 1. The number of nitrogens with two attached hydrogens (primary N) is 1. The van der Waals surface area contributed by atoms with Crippen molar-refractivity contribution in [2.45, 2.75) is 0 Å². The van der Waals surface area contributed by atoms with Crippen molar-refractivity contribution in [3.8, 4) is 0 Å². The zero-order valence-corrected chi connectivity index (χ0v) is 12.3. The zero-order valence-electron chi connectivity index (χ0n) is 11.5. The fourth-order valence-electron chi connectivity index (χ4n) is 2.10. The number of amides is 1. The maximum Gasteiger partial charge on any atom is 0.343 e. The Morgan fingerprint density at radius 1 is 1.40 bits per heavy atom. The topological polar surface area (TPSA) is 96.7 Å². The molecule has 0 bridgehead atoms. The van der Waals surface area contributed by atoms with E-state index in [1.165, 1.54) is 25.5 Å². The molecule has 0 radical (unpaired) electrons. The van der Waals surface area contributed by atoms with E-state index in [-0.39, 0.29) is 17.2 Å². The number of methoxy groups -OCH3 is 1. The Morgan fingerprint density at radius 3 is 2.60 bits per heavy atom. The van der Waals surface area contributed by atoms with Gasteiger partial charge in [0, 0.05) is 33.2 Å². The molecule has 1 aromatic rings. The monoisotopic (exact) mass is 298 g/mol. The molecular formula is C12H18N4O3S. The zero-order chi connectivity index (χ0) is 14.7.